The summed E-state index contributed by atoms with van der Waals surface area (Å²) in [5.74, 6) is 0.638. The van der Waals surface area contributed by atoms with Gasteiger partial charge < -0.3 is 10.6 Å². The van der Waals surface area contributed by atoms with E-state index >= 15 is 0 Å². The van der Waals surface area contributed by atoms with Crippen LogP contribution in [0, 0.1) is 0 Å². The van der Waals surface area contributed by atoms with Gasteiger partial charge in [-0.15, -0.1) is 0 Å². The topological polar surface area (TPSA) is 59.7 Å². The van der Waals surface area contributed by atoms with Gasteiger partial charge in [0.1, 0.15) is 0 Å². The van der Waals surface area contributed by atoms with Gasteiger partial charge in [0, 0.05) is 18.3 Å². The Bertz CT molecular complexity index is 919. The number of rotatable bonds is 5. The maximum Gasteiger partial charge on any atom is 0.172 e. The van der Waals surface area contributed by atoms with Gasteiger partial charge in [-0.2, -0.15) is 10.2 Å². The van der Waals surface area contributed by atoms with Crippen LogP contribution < -0.4 is 10.6 Å². The van der Waals surface area contributed by atoms with Gasteiger partial charge in [0.2, 0.25) is 0 Å². The van der Waals surface area contributed by atoms with E-state index in [1.54, 1.807) is 15.6 Å². The average molecular weight is 519 g/mol. The summed E-state index contributed by atoms with van der Waals surface area (Å²) in [6, 6.07) is 7.70. The van der Waals surface area contributed by atoms with Crippen LogP contribution in [-0.2, 0) is 20.1 Å². The zero-order valence-electron chi connectivity index (χ0n) is 13.7. The predicted molar refractivity (Wildman–Crippen MR) is 114 cm³/mol. The molecule has 10 heteroatoms. The number of thiocarbonyl (C=S) groups is 1. The lowest BCUT2D eigenvalue weighted by atomic mass is 10.2. The van der Waals surface area contributed by atoms with Gasteiger partial charge >= 0.3 is 0 Å². The second-order valence-corrected chi connectivity index (χ2v) is 8.01. The van der Waals surface area contributed by atoms with Gasteiger partial charge in [0.05, 0.1) is 33.9 Å². The van der Waals surface area contributed by atoms with Crippen molar-refractivity contribution in [3.05, 3.63) is 61.9 Å². The second-order valence-electron chi connectivity index (χ2n) is 5.49. The molecule has 0 saturated carbocycles. The van der Waals surface area contributed by atoms with Crippen molar-refractivity contribution in [2.75, 3.05) is 5.32 Å². The number of nitrogens with zero attached hydrogens (tertiary/aromatic N) is 4. The molecular formula is C16H15Br2ClN6S. The summed E-state index contributed by atoms with van der Waals surface area (Å²) in [6.45, 7) is 1.11. The van der Waals surface area contributed by atoms with E-state index < -0.39 is 0 Å². The van der Waals surface area contributed by atoms with Gasteiger partial charge in [0.25, 0.3) is 0 Å². The van der Waals surface area contributed by atoms with E-state index in [0.717, 1.165) is 20.2 Å². The predicted octanol–water partition coefficient (Wildman–Crippen LogP) is 4.33. The zero-order valence-corrected chi connectivity index (χ0v) is 18.5. The number of hydrogen-bond donors (Lipinski definition) is 2. The van der Waals surface area contributed by atoms with Crippen LogP contribution in [0.1, 0.15) is 11.3 Å². The minimum absolute atomic E-state index is 0.474. The Morgan fingerprint density at radius 2 is 2.04 bits per heavy atom. The molecular weight excluding hydrogens is 504 g/mol. The summed E-state index contributed by atoms with van der Waals surface area (Å²) in [5, 5.41) is 16.1. The molecule has 1 aromatic carbocycles. The van der Waals surface area contributed by atoms with E-state index in [-0.39, 0.29) is 0 Å². The minimum atomic E-state index is 0.474. The lowest BCUT2D eigenvalue weighted by Gasteiger charge is -2.10. The number of halogens is 3. The van der Waals surface area contributed by atoms with Crippen molar-refractivity contribution in [3.8, 4) is 0 Å². The summed E-state index contributed by atoms with van der Waals surface area (Å²) in [4.78, 5) is 0. The molecule has 0 aliphatic rings. The van der Waals surface area contributed by atoms with Crippen molar-refractivity contribution in [2.24, 2.45) is 7.05 Å². The number of aromatic nitrogens is 4. The largest absolute Gasteiger partial charge is 0.357 e. The second kappa shape index (κ2) is 8.51. The molecule has 0 aliphatic heterocycles. The van der Waals surface area contributed by atoms with E-state index in [2.05, 4.69) is 52.7 Å². The molecule has 0 saturated heterocycles. The Morgan fingerprint density at radius 3 is 2.73 bits per heavy atom. The molecule has 3 rings (SSSR count). The Hall–Kier alpha value is -1.42. The fourth-order valence-corrected chi connectivity index (χ4v) is 3.58. The lowest BCUT2D eigenvalue weighted by Crippen LogP contribution is -2.29. The third-order valence-electron chi connectivity index (χ3n) is 3.67. The molecule has 0 aliphatic carbocycles. The maximum atomic E-state index is 6.21. The smallest absolute Gasteiger partial charge is 0.172 e. The summed E-state index contributed by atoms with van der Waals surface area (Å²) < 4.78 is 5.33. The van der Waals surface area contributed by atoms with E-state index in [1.165, 1.54) is 0 Å². The van der Waals surface area contributed by atoms with Crippen molar-refractivity contribution < 1.29 is 0 Å². The summed E-state index contributed by atoms with van der Waals surface area (Å²) in [6.07, 6.45) is 3.63. The first kappa shape index (κ1) is 19.3. The summed E-state index contributed by atoms with van der Waals surface area (Å²) in [5.41, 5.74) is 2.00. The van der Waals surface area contributed by atoms with Crippen LogP contribution in [-0.4, -0.2) is 24.7 Å². The van der Waals surface area contributed by atoms with Gasteiger partial charge in [-0.25, -0.2) is 0 Å². The van der Waals surface area contributed by atoms with Gasteiger partial charge in [0.15, 0.2) is 10.9 Å². The van der Waals surface area contributed by atoms with Crippen molar-refractivity contribution in [1.29, 1.82) is 0 Å². The number of nitrogens with one attached hydrogen (secondary N) is 2. The van der Waals surface area contributed by atoms with Gasteiger partial charge in [-0.1, -0.05) is 29.8 Å². The first-order valence-corrected chi connectivity index (χ1v) is 9.99. The molecule has 0 fully saturated rings. The molecule has 26 heavy (non-hydrogen) atoms. The molecule has 3 aromatic rings. The van der Waals surface area contributed by atoms with Crippen LogP contribution in [0.5, 0.6) is 0 Å². The first-order valence-electron chi connectivity index (χ1n) is 7.61. The highest BCUT2D eigenvalue weighted by molar-refractivity contribution is 9.10. The highest BCUT2D eigenvalue weighted by Gasteiger charge is 2.11. The highest BCUT2D eigenvalue weighted by Crippen LogP contribution is 2.22. The first-order chi connectivity index (χ1) is 12.4. The molecule has 136 valence electrons. The fraction of sp³-hybridized carbons (Fsp3) is 0.188. The third kappa shape index (κ3) is 4.64. The molecule has 0 amide bonds. The van der Waals surface area contributed by atoms with Crippen LogP contribution in [0.25, 0.3) is 0 Å². The van der Waals surface area contributed by atoms with E-state index in [4.69, 9.17) is 23.8 Å². The normalized spacial score (nSPS) is 10.8. The zero-order chi connectivity index (χ0) is 18.7. The molecule has 2 heterocycles. The van der Waals surface area contributed by atoms with Crippen molar-refractivity contribution >= 4 is 66.6 Å². The van der Waals surface area contributed by atoms with Gasteiger partial charge in [-0.05, 0) is 55.7 Å². The Kier molecular flexibility index (Phi) is 6.33. The highest BCUT2D eigenvalue weighted by atomic mass is 79.9. The number of aryl methyl sites for hydroxylation is 1. The molecule has 0 atom stereocenters. The van der Waals surface area contributed by atoms with Crippen LogP contribution in [0.4, 0.5) is 5.82 Å². The molecule has 0 bridgehead atoms. The standard InChI is InChI=1S/C16H15Br2ClN6S/c1-24-14(11(17)6-21-24)7-20-16(26)22-15-12(18)9-25(23-15)8-10-4-2-3-5-13(10)19/h2-6,9H,7-8H2,1H3,(H2,20,22,23,26). The average Bonchev–Trinajstić information content (AvgIpc) is 3.10. The number of hydrogen-bond acceptors (Lipinski definition) is 3. The molecule has 6 nitrogen and oxygen atoms in total. The fourth-order valence-electron chi connectivity index (χ4n) is 2.31. The maximum absolute atomic E-state index is 6.21. The van der Waals surface area contributed by atoms with Crippen LogP contribution >= 0.6 is 55.7 Å². The van der Waals surface area contributed by atoms with Crippen LogP contribution in [0.2, 0.25) is 5.02 Å². The number of benzene rings is 1. The van der Waals surface area contributed by atoms with E-state index in [1.807, 2.05) is 37.5 Å². The number of anilines is 1. The Morgan fingerprint density at radius 1 is 1.27 bits per heavy atom. The summed E-state index contributed by atoms with van der Waals surface area (Å²) >= 11 is 18.5. The SMILES string of the molecule is Cn1ncc(Br)c1CNC(=S)Nc1nn(Cc2ccccc2Cl)cc1Br. The quantitative estimate of drug-likeness (QED) is 0.493. The van der Waals surface area contributed by atoms with Crippen molar-refractivity contribution in [3.63, 3.8) is 0 Å². The van der Waals surface area contributed by atoms with Gasteiger partial charge in [-0.3, -0.25) is 9.36 Å². The lowest BCUT2D eigenvalue weighted by molar-refractivity contribution is 0.687. The molecule has 0 unspecified atom stereocenters. The molecule has 2 N–H and O–H groups in total. The van der Waals surface area contributed by atoms with Crippen LogP contribution in [0.3, 0.4) is 0 Å². The minimum Gasteiger partial charge on any atom is -0.357 e. The van der Waals surface area contributed by atoms with Crippen molar-refractivity contribution in [2.45, 2.75) is 13.1 Å². The Balaban J connectivity index is 1.62. The third-order valence-corrected chi connectivity index (χ3v) is 5.52. The molecule has 0 spiro atoms. The summed E-state index contributed by atoms with van der Waals surface area (Å²) in [7, 11) is 1.88. The Labute approximate surface area is 178 Å². The monoisotopic (exact) mass is 516 g/mol. The molecule has 0 radical (unpaired) electrons. The van der Waals surface area contributed by atoms with E-state index in [9.17, 15) is 0 Å². The van der Waals surface area contributed by atoms with E-state index in [0.29, 0.717) is 29.0 Å². The van der Waals surface area contributed by atoms with Crippen molar-refractivity contribution in [1.82, 2.24) is 24.9 Å². The van der Waals surface area contributed by atoms with Crippen LogP contribution in [0.15, 0.2) is 45.6 Å². The molecule has 2 aromatic heterocycles.